The Bertz CT molecular complexity index is 942. The zero-order chi connectivity index (χ0) is 19.9. The molecule has 0 radical (unpaired) electrons. The van der Waals surface area contributed by atoms with E-state index in [0.29, 0.717) is 17.5 Å². The third kappa shape index (κ3) is 4.95. The molecule has 0 bridgehead atoms. The van der Waals surface area contributed by atoms with Gasteiger partial charge in [-0.1, -0.05) is 30.0 Å². The average molecular weight is 398 g/mol. The van der Waals surface area contributed by atoms with Crippen molar-refractivity contribution in [2.24, 2.45) is 0 Å². The number of ether oxygens (including phenoxy) is 1. The van der Waals surface area contributed by atoms with Gasteiger partial charge in [0.05, 0.1) is 19.4 Å². The summed E-state index contributed by atoms with van der Waals surface area (Å²) in [6.07, 6.45) is 0. The molecular formula is C19H22N6O2S. The van der Waals surface area contributed by atoms with E-state index >= 15 is 0 Å². The summed E-state index contributed by atoms with van der Waals surface area (Å²) < 4.78 is 6.53. The number of hydrogen-bond donors (Lipinski definition) is 3. The highest BCUT2D eigenvalue weighted by molar-refractivity contribution is 7.99. The Labute approximate surface area is 167 Å². The summed E-state index contributed by atoms with van der Waals surface area (Å²) in [5.41, 5.74) is 2.72. The number of rotatable bonds is 8. The summed E-state index contributed by atoms with van der Waals surface area (Å²) >= 11 is 1.24. The summed E-state index contributed by atoms with van der Waals surface area (Å²) in [5.74, 6) is 7.47. The van der Waals surface area contributed by atoms with Gasteiger partial charge in [0.1, 0.15) is 5.75 Å². The van der Waals surface area contributed by atoms with E-state index in [4.69, 9.17) is 10.6 Å². The lowest BCUT2D eigenvalue weighted by Crippen LogP contribution is -2.18. The molecule has 0 saturated carbocycles. The van der Waals surface area contributed by atoms with E-state index in [-0.39, 0.29) is 11.7 Å². The number of hydrogen-bond acceptors (Lipinski definition) is 7. The van der Waals surface area contributed by atoms with Crippen molar-refractivity contribution in [3.8, 4) is 5.75 Å². The molecule has 9 heteroatoms. The van der Waals surface area contributed by atoms with Crippen molar-refractivity contribution in [3.63, 3.8) is 0 Å². The van der Waals surface area contributed by atoms with Gasteiger partial charge in [-0.05, 0) is 42.8 Å². The van der Waals surface area contributed by atoms with Gasteiger partial charge in [-0.15, -0.1) is 10.2 Å². The highest BCUT2D eigenvalue weighted by Gasteiger charge is 2.13. The van der Waals surface area contributed by atoms with Crippen molar-refractivity contribution in [2.45, 2.75) is 18.6 Å². The predicted molar refractivity (Wildman–Crippen MR) is 111 cm³/mol. The fourth-order valence-corrected chi connectivity index (χ4v) is 3.12. The first-order chi connectivity index (χ1) is 13.6. The topological polar surface area (TPSA) is 107 Å². The van der Waals surface area contributed by atoms with Gasteiger partial charge in [0.15, 0.2) is 5.82 Å². The SMILES string of the molecule is COc1ccc(NCc2nnc(SCC(=O)Nc3ccccc3C)n2N)cc1. The maximum Gasteiger partial charge on any atom is 0.234 e. The summed E-state index contributed by atoms with van der Waals surface area (Å²) in [4.78, 5) is 12.2. The van der Waals surface area contributed by atoms with Crippen LogP contribution in [0.25, 0.3) is 0 Å². The van der Waals surface area contributed by atoms with Crippen LogP contribution in [0.4, 0.5) is 11.4 Å². The highest BCUT2D eigenvalue weighted by atomic mass is 32.2. The number of para-hydroxylation sites is 1. The fraction of sp³-hybridized carbons (Fsp3) is 0.211. The second-order valence-corrected chi connectivity index (χ2v) is 6.95. The van der Waals surface area contributed by atoms with Gasteiger partial charge in [-0.3, -0.25) is 4.79 Å². The molecule has 1 aromatic heterocycles. The number of carbonyl (C=O) groups is 1. The molecule has 0 saturated heterocycles. The largest absolute Gasteiger partial charge is 0.497 e. The van der Waals surface area contributed by atoms with Gasteiger partial charge in [0.25, 0.3) is 0 Å². The Morgan fingerprint density at radius 2 is 1.93 bits per heavy atom. The molecule has 0 aliphatic carbocycles. The van der Waals surface area contributed by atoms with Crippen molar-refractivity contribution in [2.75, 3.05) is 29.3 Å². The summed E-state index contributed by atoms with van der Waals surface area (Å²) in [7, 11) is 1.62. The Morgan fingerprint density at radius 3 is 2.64 bits per heavy atom. The third-order valence-corrected chi connectivity index (χ3v) is 4.97. The number of nitrogens with two attached hydrogens (primary N) is 1. The normalized spacial score (nSPS) is 10.5. The minimum atomic E-state index is -0.125. The Kier molecular flexibility index (Phi) is 6.38. The van der Waals surface area contributed by atoms with E-state index in [1.165, 1.54) is 16.4 Å². The van der Waals surface area contributed by atoms with Gasteiger partial charge >= 0.3 is 0 Å². The number of nitrogens with one attached hydrogen (secondary N) is 2. The van der Waals surface area contributed by atoms with Crippen molar-refractivity contribution in [1.29, 1.82) is 0 Å². The van der Waals surface area contributed by atoms with Crippen LogP contribution in [0.15, 0.2) is 53.7 Å². The van der Waals surface area contributed by atoms with Crippen LogP contribution in [-0.2, 0) is 11.3 Å². The lowest BCUT2D eigenvalue weighted by atomic mass is 10.2. The van der Waals surface area contributed by atoms with E-state index < -0.39 is 0 Å². The lowest BCUT2D eigenvalue weighted by Gasteiger charge is -2.08. The smallest absolute Gasteiger partial charge is 0.234 e. The number of aryl methyl sites for hydroxylation is 1. The number of anilines is 2. The van der Waals surface area contributed by atoms with Crippen molar-refractivity contribution < 1.29 is 9.53 Å². The summed E-state index contributed by atoms with van der Waals surface area (Å²) in [6, 6.07) is 15.2. The molecule has 3 rings (SSSR count). The molecule has 28 heavy (non-hydrogen) atoms. The maximum absolute atomic E-state index is 12.2. The minimum Gasteiger partial charge on any atom is -0.497 e. The molecule has 0 spiro atoms. The molecule has 8 nitrogen and oxygen atoms in total. The maximum atomic E-state index is 12.2. The van der Waals surface area contributed by atoms with Crippen LogP contribution in [0.1, 0.15) is 11.4 Å². The van der Waals surface area contributed by atoms with Gasteiger partial charge in [-0.25, -0.2) is 4.68 Å². The molecule has 0 fully saturated rings. The number of aromatic nitrogens is 3. The van der Waals surface area contributed by atoms with E-state index in [9.17, 15) is 4.79 Å². The molecule has 0 aliphatic heterocycles. The number of carbonyl (C=O) groups excluding carboxylic acids is 1. The van der Waals surface area contributed by atoms with Gasteiger partial charge in [0.2, 0.25) is 11.1 Å². The standard InChI is InChI=1S/C19H22N6O2S/c1-13-5-3-4-6-16(13)22-18(26)12-28-19-24-23-17(25(19)20)11-21-14-7-9-15(27-2)10-8-14/h3-10,21H,11-12,20H2,1-2H3,(H,22,26). The zero-order valence-electron chi connectivity index (χ0n) is 15.7. The van der Waals surface area contributed by atoms with E-state index in [1.807, 2.05) is 55.5 Å². The van der Waals surface area contributed by atoms with Gasteiger partial charge in [-0.2, -0.15) is 0 Å². The van der Waals surface area contributed by atoms with E-state index in [0.717, 1.165) is 22.7 Å². The molecule has 146 valence electrons. The van der Waals surface area contributed by atoms with Crippen molar-refractivity contribution >= 4 is 29.0 Å². The first-order valence-electron chi connectivity index (χ1n) is 8.62. The van der Waals surface area contributed by atoms with E-state index in [1.54, 1.807) is 7.11 Å². The third-order valence-electron chi connectivity index (χ3n) is 4.03. The minimum absolute atomic E-state index is 0.125. The van der Waals surface area contributed by atoms with Crippen LogP contribution in [0.2, 0.25) is 0 Å². The first-order valence-corrected chi connectivity index (χ1v) is 9.61. The van der Waals surface area contributed by atoms with Crippen LogP contribution in [0.3, 0.4) is 0 Å². The number of amides is 1. The quantitative estimate of drug-likeness (QED) is 0.395. The van der Waals surface area contributed by atoms with Crippen molar-refractivity contribution in [3.05, 3.63) is 59.9 Å². The van der Waals surface area contributed by atoms with E-state index in [2.05, 4.69) is 20.8 Å². The van der Waals surface area contributed by atoms with Crippen LogP contribution in [0, 0.1) is 6.92 Å². The second-order valence-electron chi connectivity index (χ2n) is 6.00. The molecule has 1 amide bonds. The summed E-state index contributed by atoms with van der Waals surface area (Å²) in [5, 5.41) is 14.7. The highest BCUT2D eigenvalue weighted by Crippen LogP contribution is 2.19. The first kappa shape index (κ1) is 19.6. The fourth-order valence-electron chi connectivity index (χ4n) is 2.45. The molecule has 3 aromatic rings. The molecule has 4 N–H and O–H groups in total. The van der Waals surface area contributed by atoms with Crippen LogP contribution in [0.5, 0.6) is 5.75 Å². The van der Waals surface area contributed by atoms with Gasteiger partial charge < -0.3 is 21.2 Å². The zero-order valence-corrected chi connectivity index (χ0v) is 16.5. The number of nitrogens with zero attached hydrogens (tertiary/aromatic N) is 3. The van der Waals surface area contributed by atoms with Crippen LogP contribution < -0.4 is 21.2 Å². The number of methoxy groups -OCH3 is 1. The molecule has 0 aliphatic rings. The van der Waals surface area contributed by atoms with Crippen LogP contribution in [-0.4, -0.2) is 33.6 Å². The molecular weight excluding hydrogens is 376 g/mol. The molecule has 0 atom stereocenters. The Morgan fingerprint density at radius 1 is 1.18 bits per heavy atom. The second kappa shape index (κ2) is 9.14. The lowest BCUT2D eigenvalue weighted by molar-refractivity contribution is -0.113. The molecule has 0 unspecified atom stereocenters. The van der Waals surface area contributed by atoms with Crippen LogP contribution >= 0.6 is 11.8 Å². The monoisotopic (exact) mass is 398 g/mol. The number of thioether (sulfide) groups is 1. The Balaban J connectivity index is 1.52. The van der Waals surface area contributed by atoms with Crippen molar-refractivity contribution in [1.82, 2.24) is 14.9 Å². The predicted octanol–water partition coefficient (Wildman–Crippen LogP) is 2.65. The summed E-state index contributed by atoms with van der Waals surface area (Å²) in [6.45, 7) is 2.35. The Hall–Kier alpha value is -3.20. The van der Waals surface area contributed by atoms with Gasteiger partial charge in [0, 0.05) is 11.4 Å². The number of benzene rings is 2. The number of nitrogen functional groups attached to an aromatic ring is 1. The molecule has 2 aromatic carbocycles. The molecule has 1 heterocycles. The average Bonchev–Trinajstić information content (AvgIpc) is 3.06.